The molecule has 1 aromatic rings. The summed E-state index contributed by atoms with van der Waals surface area (Å²) in [6.07, 6.45) is 2.16. The van der Waals surface area contributed by atoms with Crippen LogP contribution in [0.5, 0.6) is 0 Å². The molecule has 2 aliphatic heterocycles. The van der Waals surface area contributed by atoms with Gasteiger partial charge >= 0.3 is 0 Å². The minimum atomic E-state index is -0.238. The van der Waals surface area contributed by atoms with Gasteiger partial charge in [0.2, 0.25) is 11.8 Å². The lowest BCUT2D eigenvalue weighted by molar-refractivity contribution is -0.126. The average Bonchev–Trinajstić information content (AvgIpc) is 3.16. The van der Waals surface area contributed by atoms with E-state index in [-0.39, 0.29) is 23.8 Å². The van der Waals surface area contributed by atoms with Gasteiger partial charge in [0.05, 0.1) is 5.92 Å². The van der Waals surface area contributed by atoms with E-state index in [4.69, 9.17) is 0 Å². The Morgan fingerprint density at radius 2 is 2.23 bits per heavy atom. The van der Waals surface area contributed by atoms with Gasteiger partial charge in [-0.3, -0.25) is 9.59 Å². The maximum Gasteiger partial charge on any atom is 0.227 e. The van der Waals surface area contributed by atoms with E-state index in [1.807, 2.05) is 24.3 Å². The fraction of sp³-hybridized carbons (Fsp3) is 0.529. The lowest BCUT2D eigenvalue weighted by atomic mass is 10.1. The number of benzene rings is 1. The minimum absolute atomic E-state index is 0.0125. The molecule has 118 valence electrons. The third-order valence-corrected chi connectivity index (χ3v) is 4.57. The molecule has 3 rings (SSSR count). The highest BCUT2D eigenvalue weighted by molar-refractivity contribution is 6.00. The largest absolute Gasteiger partial charge is 0.352 e. The highest BCUT2D eigenvalue weighted by Crippen LogP contribution is 2.28. The topological polar surface area (TPSA) is 61.4 Å². The van der Waals surface area contributed by atoms with Crippen molar-refractivity contribution in [2.24, 2.45) is 5.92 Å². The van der Waals surface area contributed by atoms with E-state index >= 15 is 0 Å². The fourth-order valence-corrected chi connectivity index (χ4v) is 3.29. The summed E-state index contributed by atoms with van der Waals surface area (Å²) >= 11 is 0. The number of amides is 2. The number of anilines is 1. The molecular weight excluding hydrogens is 278 g/mol. The van der Waals surface area contributed by atoms with Gasteiger partial charge in [0.1, 0.15) is 0 Å². The second-order valence-corrected chi connectivity index (χ2v) is 6.09. The molecule has 0 aliphatic carbocycles. The molecular formula is C17H23N3O2. The molecule has 2 aliphatic rings. The van der Waals surface area contributed by atoms with Crippen LogP contribution in [0, 0.1) is 5.92 Å². The first-order valence-corrected chi connectivity index (χ1v) is 8.08. The zero-order valence-electron chi connectivity index (χ0n) is 13.0. The first-order valence-electron chi connectivity index (χ1n) is 8.08. The summed E-state index contributed by atoms with van der Waals surface area (Å²) in [4.78, 5) is 26.5. The number of nitrogens with zero attached hydrogens (tertiary/aromatic N) is 1. The number of aryl methyl sites for hydroxylation is 1. The summed E-state index contributed by atoms with van der Waals surface area (Å²) in [5.41, 5.74) is 2.10. The summed E-state index contributed by atoms with van der Waals surface area (Å²) in [6.45, 7) is 4.35. The van der Waals surface area contributed by atoms with Crippen LogP contribution in [0.25, 0.3) is 0 Å². The third kappa shape index (κ3) is 2.99. The van der Waals surface area contributed by atoms with Crippen LogP contribution in [-0.2, 0) is 16.0 Å². The van der Waals surface area contributed by atoms with Gasteiger partial charge in [0.15, 0.2) is 0 Å². The second-order valence-electron chi connectivity index (χ2n) is 6.09. The van der Waals surface area contributed by atoms with Gasteiger partial charge in [-0.2, -0.15) is 0 Å². The van der Waals surface area contributed by atoms with E-state index in [9.17, 15) is 9.59 Å². The van der Waals surface area contributed by atoms with Crippen molar-refractivity contribution in [3.63, 3.8) is 0 Å². The molecule has 2 heterocycles. The third-order valence-electron chi connectivity index (χ3n) is 4.57. The molecule has 2 amide bonds. The summed E-state index contributed by atoms with van der Waals surface area (Å²) in [7, 11) is 0. The van der Waals surface area contributed by atoms with Crippen molar-refractivity contribution < 1.29 is 9.59 Å². The summed E-state index contributed by atoms with van der Waals surface area (Å²) < 4.78 is 0. The van der Waals surface area contributed by atoms with Crippen LogP contribution in [0.3, 0.4) is 0 Å². The average molecular weight is 301 g/mol. The van der Waals surface area contributed by atoms with E-state index < -0.39 is 0 Å². The molecule has 5 nitrogen and oxygen atoms in total. The molecule has 2 atom stereocenters. The Balaban J connectivity index is 1.68. The van der Waals surface area contributed by atoms with E-state index in [2.05, 4.69) is 17.6 Å². The van der Waals surface area contributed by atoms with Crippen LogP contribution >= 0.6 is 0 Å². The van der Waals surface area contributed by atoms with E-state index in [0.29, 0.717) is 13.0 Å². The molecule has 5 heteroatoms. The van der Waals surface area contributed by atoms with Crippen LogP contribution in [-0.4, -0.2) is 37.5 Å². The number of carbonyl (C=O) groups is 2. The van der Waals surface area contributed by atoms with Crippen LogP contribution in [0.1, 0.15) is 25.3 Å². The first kappa shape index (κ1) is 15.0. The van der Waals surface area contributed by atoms with Gasteiger partial charge in [-0.25, -0.2) is 0 Å². The normalized spacial score (nSPS) is 24.8. The molecule has 0 bridgehead atoms. The van der Waals surface area contributed by atoms with Crippen molar-refractivity contribution in [2.45, 2.75) is 32.2 Å². The smallest absolute Gasteiger partial charge is 0.227 e. The van der Waals surface area contributed by atoms with Crippen LogP contribution in [0.15, 0.2) is 24.3 Å². The molecule has 1 aromatic carbocycles. The molecule has 2 fully saturated rings. The summed E-state index contributed by atoms with van der Waals surface area (Å²) in [5.74, 6) is -0.179. The molecule has 2 N–H and O–H groups in total. The highest BCUT2D eigenvalue weighted by Gasteiger charge is 2.36. The maximum absolute atomic E-state index is 12.4. The quantitative estimate of drug-likeness (QED) is 0.875. The number of hydrogen-bond acceptors (Lipinski definition) is 3. The minimum Gasteiger partial charge on any atom is -0.352 e. The Morgan fingerprint density at radius 3 is 2.95 bits per heavy atom. The monoisotopic (exact) mass is 301 g/mol. The maximum atomic E-state index is 12.4. The summed E-state index contributed by atoms with van der Waals surface area (Å²) in [6, 6.07) is 8.15. The van der Waals surface area contributed by atoms with Gasteiger partial charge in [-0.1, -0.05) is 25.1 Å². The number of para-hydroxylation sites is 1. The number of hydrogen-bond donors (Lipinski definition) is 2. The Kier molecular flexibility index (Phi) is 4.43. The fourth-order valence-electron chi connectivity index (χ4n) is 3.29. The summed E-state index contributed by atoms with van der Waals surface area (Å²) in [5, 5.41) is 6.30. The molecule has 2 saturated heterocycles. The molecule has 2 unspecified atom stereocenters. The van der Waals surface area contributed by atoms with Crippen molar-refractivity contribution >= 4 is 17.5 Å². The van der Waals surface area contributed by atoms with Gasteiger partial charge in [-0.05, 0) is 31.0 Å². The van der Waals surface area contributed by atoms with Crippen LogP contribution < -0.4 is 15.5 Å². The molecule has 0 saturated carbocycles. The van der Waals surface area contributed by atoms with Crippen molar-refractivity contribution in [3.8, 4) is 0 Å². The second kappa shape index (κ2) is 6.48. The Hall–Kier alpha value is -1.88. The van der Waals surface area contributed by atoms with Crippen molar-refractivity contribution in [3.05, 3.63) is 29.8 Å². The molecule has 22 heavy (non-hydrogen) atoms. The van der Waals surface area contributed by atoms with Gasteiger partial charge in [-0.15, -0.1) is 0 Å². The lowest BCUT2D eigenvalue weighted by Crippen LogP contribution is -2.40. The number of carbonyl (C=O) groups excluding carboxylic acids is 2. The van der Waals surface area contributed by atoms with Crippen molar-refractivity contribution in [2.75, 3.05) is 24.5 Å². The van der Waals surface area contributed by atoms with Crippen LogP contribution in [0.2, 0.25) is 0 Å². The molecule has 0 spiro atoms. The zero-order valence-corrected chi connectivity index (χ0v) is 13.0. The Morgan fingerprint density at radius 1 is 1.41 bits per heavy atom. The lowest BCUT2D eigenvalue weighted by Gasteiger charge is -2.20. The zero-order chi connectivity index (χ0) is 15.5. The first-order chi connectivity index (χ1) is 10.7. The number of nitrogens with one attached hydrogen (secondary N) is 2. The highest BCUT2D eigenvalue weighted by atomic mass is 16.2. The van der Waals surface area contributed by atoms with Gasteiger partial charge in [0, 0.05) is 31.2 Å². The predicted molar refractivity (Wildman–Crippen MR) is 85.7 cm³/mol. The van der Waals surface area contributed by atoms with Crippen molar-refractivity contribution in [1.82, 2.24) is 10.6 Å². The SMILES string of the molecule is CCc1ccccc1N1CC(C(=O)NC2CCNC2)CC1=O. The Bertz CT molecular complexity index is 567. The molecule has 0 radical (unpaired) electrons. The Labute approximate surface area is 131 Å². The number of rotatable bonds is 4. The van der Waals surface area contributed by atoms with E-state index in [1.165, 1.54) is 0 Å². The predicted octanol–water partition coefficient (Wildman–Crippen LogP) is 1.08. The van der Waals surface area contributed by atoms with E-state index in [0.717, 1.165) is 37.2 Å². The molecule has 0 aromatic heterocycles. The standard InChI is InChI=1S/C17H23N3O2/c1-2-12-5-3-4-6-15(12)20-11-13(9-16(20)21)17(22)19-14-7-8-18-10-14/h3-6,13-14,18H,2,7-11H2,1H3,(H,19,22). The van der Waals surface area contributed by atoms with E-state index in [1.54, 1.807) is 4.90 Å². The van der Waals surface area contributed by atoms with Gasteiger partial charge in [0.25, 0.3) is 0 Å². The van der Waals surface area contributed by atoms with Crippen LogP contribution in [0.4, 0.5) is 5.69 Å². The van der Waals surface area contributed by atoms with Crippen molar-refractivity contribution in [1.29, 1.82) is 0 Å². The van der Waals surface area contributed by atoms with Gasteiger partial charge < -0.3 is 15.5 Å².